The summed E-state index contributed by atoms with van der Waals surface area (Å²) < 4.78 is 10.3. The van der Waals surface area contributed by atoms with Crippen molar-refractivity contribution in [3.63, 3.8) is 0 Å². The summed E-state index contributed by atoms with van der Waals surface area (Å²) in [6.45, 7) is 0.416. The Labute approximate surface area is 95.2 Å². The Hall–Kier alpha value is -1.46. The average Bonchev–Trinajstić information content (AvgIpc) is 2.35. The summed E-state index contributed by atoms with van der Waals surface area (Å²) in [6, 6.07) is 5.15. The van der Waals surface area contributed by atoms with Crippen molar-refractivity contribution in [2.75, 3.05) is 32.7 Å². The molecule has 0 fully saturated rings. The fourth-order valence-corrected chi connectivity index (χ4v) is 1.26. The highest BCUT2D eigenvalue weighted by atomic mass is 16.5. The van der Waals surface area contributed by atoms with Gasteiger partial charge < -0.3 is 25.6 Å². The minimum atomic E-state index is -0.295. The van der Waals surface area contributed by atoms with Gasteiger partial charge in [0.1, 0.15) is 11.5 Å². The van der Waals surface area contributed by atoms with Gasteiger partial charge in [-0.15, -0.1) is 0 Å². The number of methoxy groups -OCH3 is 2. The van der Waals surface area contributed by atoms with E-state index in [1.54, 1.807) is 14.2 Å². The van der Waals surface area contributed by atoms with Gasteiger partial charge in [-0.1, -0.05) is 0 Å². The van der Waals surface area contributed by atoms with Gasteiger partial charge >= 0.3 is 0 Å². The number of aliphatic hydroxyl groups excluding tert-OH is 1. The van der Waals surface area contributed by atoms with Gasteiger partial charge in [-0.2, -0.15) is 0 Å². The van der Waals surface area contributed by atoms with Crippen LogP contribution in [0.3, 0.4) is 0 Å². The van der Waals surface area contributed by atoms with Crippen molar-refractivity contribution in [3.8, 4) is 11.5 Å². The average molecular weight is 226 g/mol. The third kappa shape index (κ3) is 3.29. The first-order valence-corrected chi connectivity index (χ1v) is 5.03. The molecule has 0 aliphatic carbocycles. The van der Waals surface area contributed by atoms with Gasteiger partial charge in [-0.25, -0.2) is 0 Å². The Bertz CT molecular complexity index is 331. The van der Waals surface area contributed by atoms with Crippen LogP contribution in [0.4, 0.5) is 5.69 Å². The summed E-state index contributed by atoms with van der Waals surface area (Å²) in [5.74, 6) is 1.45. The molecule has 0 aliphatic rings. The van der Waals surface area contributed by atoms with Crippen LogP contribution in [-0.4, -0.2) is 38.5 Å². The minimum absolute atomic E-state index is 0.0563. The molecule has 0 amide bonds. The Balaban J connectivity index is 2.75. The highest BCUT2D eigenvalue weighted by Crippen LogP contribution is 2.28. The second-order valence-corrected chi connectivity index (χ2v) is 3.39. The van der Waals surface area contributed by atoms with Crippen molar-refractivity contribution < 1.29 is 14.6 Å². The van der Waals surface area contributed by atoms with Gasteiger partial charge in [0, 0.05) is 18.7 Å². The quantitative estimate of drug-likeness (QED) is 0.656. The van der Waals surface area contributed by atoms with Crippen LogP contribution in [0.1, 0.15) is 0 Å². The molecule has 16 heavy (non-hydrogen) atoms. The molecule has 1 atom stereocenters. The fraction of sp³-hybridized carbons (Fsp3) is 0.455. The molecule has 0 saturated heterocycles. The zero-order chi connectivity index (χ0) is 12.0. The summed E-state index contributed by atoms with van der Waals surface area (Å²) in [6.07, 6.45) is 0. The van der Waals surface area contributed by atoms with Crippen LogP contribution >= 0.6 is 0 Å². The zero-order valence-corrected chi connectivity index (χ0v) is 9.56. The number of nitrogens with two attached hydrogens (primary N) is 1. The lowest BCUT2D eigenvalue weighted by atomic mass is 10.2. The largest absolute Gasteiger partial charge is 0.497 e. The van der Waals surface area contributed by atoms with Crippen LogP contribution in [0, 0.1) is 0 Å². The summed E-state index contributed by atoms with van der Waals surface area (Å²) in [5, 5.41) is 11.9. The lowest BCUT2D eigenvalue weighted by molar-refractivity contribution is 0.270. The molecule has 5 nitrogen and oxygen atoms in total. The van der Waals surface area contributed by atoms with Gasteiger partial charge in [-0.05, 0) is 12.1 Å². The maximum absolute atomic E-state index is 8.82. The van der Waals surface area contributed by atoms with E-state index < -0.39 is 0 Å². The molecule has 4 N–H and O–H groups in total. The molecule has 90 valence electrons. The molecule has 0 aliphatic heterocycles. The number of ether oxygens (including phenoxy) is 2. The van der Waals surface area contributed by atoms with Crippen molar-refractivity contribution in [2.45, 2.75) is 6.04 Å². The smallest absolute Gasteiger partial charge is 0.142 e. The molecule has 0 bridgehead atoms. The Kier molecular flexibility index (Phi) is 4.88. The van der Waals surface area contributed by atoms with Gasteiger partial charge in [0.25, 0.3) is 0 Å². The van der Waals surface area contributed by atoms with E-state index in [2.05, 4.69) is 5.32 Å². The second kappa shape index (κ2) is 6.19. The summed E-state index contributed by atoms with van der Waals surface area (Å²) in [4.78, 5) is 0. The first kappa shape index (κ1) is 12.6. The monoisotopic (exact) mass is 226 g/mol. The third-order valence-corrected chi connectivity index (χ3v) is 2.20. The van der Waals surface area contributed by atoms with E-state index in [1.165, 1.54) is 0 Å². The standard InChI is InChI=1S/C11H18N2O3/c1-15-9-3-4-11(16-2)10(5-9)13-6-8(12)7-14/h3-5,8,13-14H,6-7,12H2,1-2H3. The van der Waals surface area contributed by atoms with E-state index in [1.807, 2.05) is 18.2 Å². The van der Waals surface area contributed by atoms with E-state index in [-0.39, 0.29) is 12.6 Å². The molecule has 1 aromatic rings. The highest BCUT2D eigenvalue weighted by Gasteiger charge is 2.06. The fourth-order valence-electron chi connectivity index (χ4n) is 1.26. The van der Waals surface area contributed by atoms with E-state index >= 15 is 0 Å². The molecule has 1 aromatic carbocycles. The first-order valence-electron chi connectivity index (χ1n) is 5.03. The van der Waals surface area contributed by atoms with Crippen LogP contribution in [0.15, 0.2) is 18.2 Å². The summed E-state index contributed by atoms with van der Waals surface area (Å²) in [5.41, 5.74) is 6.40. The minimum Gasteiger partial charge on any atom is -0.497 e. The SMILES string of the molecule is COc1ccc(OC)c(NCC(N)CO)c1. The van der Waals surface area contributed by atoms with Crippen LogP contribution in [0.25, 0.3) is 0 Å². The first-order chi connectivity index (χ1) is 7.71. The van der Waals surface area contributed by atoms with Crippen LogP contribution in [0.5, 0.6) is 11.5 Å². The molecule has 1 unspecified atom stereocenters. The number of aliphatic hydroxyl groups is 1. The molecule has 0 spiro atoms. The van der Waals surface area contributed by atoms with Crippen molar-refractivity contribution in [2.24, 2.45) is 5.73 Å². The van der Waals surface area contributed by atoms with Crippen molar-refractivity contribution in [3.05, 3.63) is 18.2 Å². The lowest BCUT2D eigenvalue weighted by Gasteiger charge is -2.14. The molecule has 5 heteroatoms. The number of rotatable bonds is 6. The topological polar surface area (TPSA) is 76.7 Å². The zero-order valence-electron chi connectivity index (χ0n) is 9.56. The van der Waals surface area contributed by atoms with E-state index in [9.17, 15) is 0 Å². The predicted octanol–water partition coefficient (Wildman–Crippen LogP) is 0.435. The number of hydrogen-bond donors (Lipinski definition) is 3. The number of hydrogen-bond acceptors (Lipinski definition) is 5. The molecular weight excluding hydrogens is 208 g/mol. The molecule has 0 saturated carbocycles. The van der Waals surface area contributed by atoms with E-state index in [0.29, 0.717) is 12.3 Å². The van der Waals surface area contributed by atoms with E-state index in [0.717, 1.165) is 11.4 Å². The van der Waals surface area contributed by atoms with E-state index in [4.69, 9.17) is 20.3 Å². The molecule has 1 rings (SSSR count). The van der Waals surface area contributed by atoms with Crippen molar-refractivity contribution in [1.82, 2.24) is 0 Å². The predicted molar refractivity (Wildman–Crippen MR) is 63.1 cm³/mol. The number of benzene rings is 1. The van der Waals surface area contributed by atoms with Crippen molar-refractivity contribution in [1.29, 1.82) is 0 Å². The Morgan fingerprint density at radius 2 is 2.12 bits per heavy atom. The van der Waals surface area contributed by atoms with Gasteiger partial charge in [0.2, 0.25) is 0 Å². The molecule has 0 heterocycles. The second-order valence-electron chi connectivity index (χ2n) is 3.39. The molecule has 0 radical (unpaired) electrons. The maximum atomic E-state index is 8.82. The van der Waals surface area contributed by atoms with Crippen molar-refractivity contribution >= 4 is 5.69 Å². The Morgan fingerprint density at radius 1 is 1.38 bits per heavy atom. The highest BCUT2D eigenvalue weighted by molar-refractivity contribution is 5.59. The van der Waals surface area contributed by atoms with Gasteiger partial charge in [0.05, 0.1) is 26.5 Å². The summed E-state index contributed by atoms with van der Waals surface area (Å²) >= 11 is 0. The maximum Gasteiger partial charge on any atom is 0.142 e. The normalized spacial score (nSPS) is 12.0. The molecule has 0 aromatic heterocycles. The van der Waals surface area contributed by atoms with Crippen LogP contribution in [0.2, 0.25) is 0 Å². The van der Waals surface area contributed by atoms with Gasteiger partial charge in [-0.3, -0.25) is 0 Å². The molecular formula is C11H18N2O3. The van der Waals surface area contributed by atoms with Gasteiger partial charge in [0.15, 0.2) is 0 Å². The lowest BCUT2D eigenvalue weighted by Crippen LogP contribution is -2.32. The summed E-state index contributed by atoms with van der Waals surface area (Å²) in [7, 11) is 3.20. The Morgan fingerprint density at radius 3 is 2.69 bits per heavy atom. The third-order valence-electron chi connectivity index (χ3n) is 2.20. The van der Waals surface area contributed by atoms with Crippen LogP contribution in [-0.2, 0) is 0 Å². The number of anilines is 1. The van der Waals surface area contributed by atoms with Crippen LogP contribution < -0.4 is 20.5 Å². The number of nitrogens with one attached hydrogen (secondary N) is 1.